The fraction of sp³-hybridized carbons (Fsp3) is 0.400. The molecule has 1 aromatic rings. The van der Waals surface area contributed by atoms with Crippen LogP contribution in [0, 0.1) is 11.3 Å². The molecule has 0 aliphatic heterocycles. The zero-order valence-corrected chi connectivity index (χ0v) is 8.09. The third kappa shape index (κ3) is 1.48. The van der Waals surface area contributed by atoms with E-state index in [2.05, 4.69) is 6.07 Å². The molecule has 0 fully saturated rings. The Morgan fingerprint density at radius 1 is 1.69 bits per heavy atom. The predicted molar refractivity (Wildman–Crippen MR) is 49.5 cm³/mol. The zero-order valence-electron chi connectivity index (χ0n) is 8.09. The van der Waals surface area contributed by atoms with Gasteiger partial charge in [0, 0.05) is 19.7 Å². The Balaban J connectivity index is 3.37. The van der Waals surface area contributed by atoms with Crippen LogP contribution in [0.2, 0.25) is 0 Å². The average molecular weight is 176 g/mol. The smallest absolute Gasteiger partial charge is 0.176 e. The van der Waals surface area contributed by atoms with Crippen molar-refractivity contribution in [3.8, 4) is 6.07 Å². The van der Waals surface area contributed by atoms with E-state index in [0.717, 1.165) is 12.1 Å². The van der Waals surface area contributed by atoms with Crippen LogP contribution in [0.3, 0.4) is 0 Å². The summed E-state index contributed by atoms with van der Waals surface area (Å²) in [5.74, 6) is -0.00120. The van der Waals surface area contributed by atoms with Gasteiger partial charge in [-0.3, -0.25) is 4.79 Å². The second-order valence-corrected chi connectivity index (χ2v) is 2.97. The van der Waals surface area contributed by atoms with Crippen molar-refractivity contribution in [1.82, 2.24) is 4.57 Å². The highest BCUT2D eigenvalue weighted by molar-refractivity contribution is 5.93. The van der Waals surface area contributed by atoms with E-state index in [1.165, 1.54) is 6.92 Å². The van der Waals surface area contributed by atoms with Gasteiger partial charge in [-0.05, 0) is 12.5 Å². The molecule has 3 nitrogen and oxygen atoms in total. The van der Waals surface area contributed by atoms with Crippen LogP contribution in [0.1, 0.15) is 35.6 Å². The number of carbonyl (C=O) groups excluding carboxylic acids is 1. The number of Topliss-reactive ketones (excluding diaryl/α,β-unsaturated/α-hetero) is 1. The molecule has 68 valence electrons. The maximum Gasteiger partial charge on any atom is 0.176 e. The maximum absolute atomic E-state index is 11.1. The molecule has 0 aromatic carbocycles. The third-order valence-corrected chi connectivity index (χ3v) is 2.17. The molecule has 13 heavy (non-hydrogen) atoms. The van der Waals surface area contributed by atoms with Gasteiger partial charge in [0.05, 0.1) is 11.3 Å². The summed E-state index contributed by atoms with van der Waals surface area (Å²) in [6.45, 7) is 3.48. The van der Waals surface area contributed by atoms with E-state index in [-0.39, 0.29) is 5.78 Å². The molecule has 0 N–H and O–H groups in total. The van der Waals surface area contributed by atoms with Crippen LogP contribution in [0.4, 0.5) is 0 Å². The van der Waals surface area contributed by atoms with Crippen molar-refractivity contribution in [2.45, 2.75) is 20.3 Å². The number of hydrogen-bond acceptors (Lipinski definition) is 2. The first kappa shape index (κ1) is 9.53. The van der Waals surface area contributed by atoms with Crippen LogP contribution in [0.15, 0.2) is 6.07 Å². The van der Waals surface area contributed by atoms with Gasteiger partial charge >= 0.3 is 0 Å². The number of nitrogens with zero attached hydrogens (tertiary/aromatic N) is 2. The molecule has 0 bridgehead atoms. The molecule has 0 radical (unpaired) electrons. The number of aromatic nitrogens is 1. The molecule has 0 atom stereocenters. The predicted octanol–water partition coefficient (Wildman–Crippen LogP) is 1.66. The fourth-order valence-electron chi connectivity index (χ4n) is 1.51. The molecule has 0 spiro atoms. The van der Waals surface area contributed by atoms with Crippen LogP contribution in [-0.4, -0.2) is 10.4 Å². The van der Waals surface area contributed by atoms with Crippen LogP contribution < -0.4 is 0 Å². The van der Waals surface area contributed by atoms with Crippen molar-refractivity contribution < 1.29 is 4.79 Å². The Kier molecular flexibility index (Phi) is 2.52. The molecule has 0 saturated heterocycles. The Bertz CT molecular complexity index is 382. The minimum atomic E-state index is -0.00120. The zero-order chi connectivity index (χ0) is 10.0. The molecule has 0 aliphatic carbocycles. The lowest BCUT2D eigenvalue weighted by Crippen LogP contribution is -2.04. The van der Waals surface area contributed by atoms with Gasteiger partial charge in [0.2, 0.25) is 0 Å². The van der Waals surface area contributed by atoms with E-state index in [1.807, 2.05) is 14.0 Å². The third-order valence-electron chi connectivity index (χ3n) is 2.17. The standard InChI is InChI=1S/C10H12N2O/c1-4-9-8(6-11)5-10(7(2)13)12(9)3/h5H,4H2,1-3H3. The quantitative estimate of drug-likeness (QED) is 0.643. The lowest BCUT2D eigenvalue weighted by atomic mass is 10.2. The largest absolute Gasteiger partial charge is 0.344 e. The van der Waals surface area contributed by atoms with Gasteiger partial charge < -0.3 is 4.57 Å². The maximum atomic E-state index is 11.1. The summed E-state index contributed by atoms with van der Waals surface area (Å²) in [6, 6.07) is 3.74. The number of carbonyl (C=O) groups is 1. The number of ketones is 1. The minimum absolute atomic E-state index is 0.00120. The van der Waals surface area contributed by atoms with Gasteiger partial charge in [-0.2, -0.15) is 5.26 Å². The average Bonchev–Trinajstić information content (AvgIpc) is 2.41. The Labute approximate surface area is 77.6 Å². The van der Waals surface area contributed by atoms with Crippen molar-refractivity contribution in [2.75, 3.05) is 0 Å². The summed E-state index contributed by atoms with van der Waals surface area (Å²) < 4.78 is 1.79. The molecule has 1 aromatic heterocycles. The van der Waals surface area contributed by atoms with Crippen LogP contribution >= 0.6 is 0 Å². The Hall–Kier alpha value is -1.56. The van der Waals surface area contributed by atoms with E-state index in [0.29, 0.717) is 11.3 Å². The summed E-state index contributed by atoms with van der Waals surface area (Å²) >= 11 is 0. The lowest BCUT2D eigenvalue weighted by molar-refractivity contribution is 0.101. The van der Waals surface area contributed by atoms with E-state index < -0.39 is 0 Å². The van der Waals surface area contributed by atoms with Crippen LogP contribution in [-0.2, 0) is 13.5 Å². The van der Waals surface area contributed by atoms with Gasteiger partial charge in [-0.1, -0.05) is 6.92 Å². The first-order valence-corrected chi connectivity index (χ1v) is 4.21. The van der Waals surface area contributed by atoms with Crippen molar-refractivity contribution in [2.24, 2.45) is 7.05 Å². The molecule has 1 rings (SSSR count). The van der Waals surface area contributed by atoms with E-state index >= 15 is 0 Å². The molecule has 0 saturated carbocycles. The first-order chi connectivity index (χ1) is 6.11. The highest BCUT2D eigenvalue weighted by Gasteiger charge is 2.12. The first-order valence-electron chi connectivity index (χ1n) is 4.21. The SMILES string of the molecule is CCc1c(C#N)cc(C(C)=O)n1C. The van der Waals surface area contributed by atoms with Crippen molar-refractivity contribution in [1.29, 1.82) is 5.26 Å². The highest BCUT2D eigenvalue weighted by atomic mass is 16.1. The van der Waals surface area contributed by atoms with Gasteiger partial charge in [0.15, 0.2) is 5.78 Å². The van der Waals surface area contributed by atoms with Crippen molar-refractivity contribution in [3.63, 3.8) is 0 Å². The summed E-state index contributed by atoms with van der Waals surface area (Å²) in [5, 5.41) is 8.79. The highest BCUT2D eigenvalue weighted by Crippen LogP contribution is 2.14. The molecule has 1 heterocycles. The van der Waals surface area contributed by atoms with Crippen LogP contribution in [0.25, 0.3) is 0 Å². The van der Waals surface area contributed by atoms with Crippen LogP contribution in [0.5, 0.6) is 0 Å². The van der Waals surface area contributed by atoms with Crippen molar-refractivity contribution in [3.05, 3.63) is 23.0 Å². The van der Waals surface area contributed by atoms with Gasteiger partial charge in [-0.15, -0.1) is 0 Å². The van der Waals surface area contributed by atoms with E-state index in [9.17, 15) is 4.79 Å². The molecule has 0 amide bonds. The molecule has 3 heteroatoms. The second-order valence-electron chi connectivity index (χ2n) is 2.97. The lowest BCUT2D eigenvalue weighted by Gasteiger charge is -2.02. The summed E-state index contributed by atoms with van der Waals surface area (Å²) in [5.41, 5.74) is 2.14. The van der Waals surface area contributed by atoms with Gasteiger partial charge in [0.25, 0.3) is 0 Å². The number of nitriles is 1. The van der Waals surface area contributed by atoms with E-state index in [4.69, 9.17) is 5.26 Å². The summed E-state index contributed by atoms with van der Waals surface area (Å²) in [4.78, 5) is 11.1. The topological polar surface area (TPSA) is 45.8 Å². The monoisotopic (exact) mass is 176 g/mol. The Morgan fingerprint density at radius 2 is 2.31 bits per heavy atom. The number of hydrogen-bond donors (Lipinski definition) is 0. The van der Waals surface area contributed by atoms with Gasteiger partial charge in [-0.25, -0.2) is 0 Å². The normalized spacial score (nSPS) is 9.69. The van der Waals surface area contributed by atoms with Gasteiger partial charge in [0.1, 0.15) is 6.07 Å². The molecule has 0 unspecified atom stereocenters. The molecular weight excluding hydrogens is 164 g/mol. The second kappa shape index (κ2) is 3.44. The number of rotatable bonds is 2. The summed E-state index contributed by atoms with van der Waals surface area (Å²) in [6.07, 6.45) is 0.771. The molecule has 0 aliphatic rings. The summed E-state index contributed by atoms with van der Waals surface area (Å²) in [7, 11) is 1.82. The Morgan fingerprint density at radius 3 is 2.62 bits per heavy atom. The van der Waals surface area contributed by atoms with Crippen molar-refractivity contribution >= 4 is 5.78 Å². The molecular formula is C10H12N2O. The van der Waals surface area contributed by atoms with E-state index in [1.54, 1.807) is 10.6 Å². The fourth-order valence-corrected chi connectivity index (χ4v) is 1.51. The minimum Gasteiger partial charge on any atom is -0.344 e.